The lowest BCUT2D eigenvalue weighted by atomic mass is 9.66. The number of nitrogens with two attached hydrogens (primary N) is 2. The molecule has 0 heterocycles. The molecule has 0 saturated heterocycles. The van der Waals surface area contributed by atoms with E-state index in [1.54, 1.807) is 0 Å². The zero-order valence-electron chi connectivity index (χ0n) is 21.7. The molecule has 1 aliphatic rings. The third-order valence-electron chi connectivity index (χ3n) is 7.90. The standard InChI is InChI=1S/C33H36N2/c1-19(2)27-17-24(18-28(20(3)4)32(27)35)33(23-15-21(5)31(34)22(6)16-23)29-13-9-7-11-25(29)26-12-8-10-14-30(26)33/h7-20H,34-35H2,1-6H3. The molecule has 0 unspecified atom stereocenters. The molecule has 5 rings (SSSR count). The fourth-order valence-corrected chi connectivity index (χ4v) is 6.09. The molecule has 0 bridgehead atoms. The minimum absolute atomic E-state index is 0.325. The van der Waals surface area contributed by atoms with Crippen LogP contribution in [0.3, 0.4) is 0 Å². The summed E-state index contributed by atoms with van der Waals surface area (Å²) >= 11 is 0. The molecule has 4 aromatic rings. The van der Waals surface area contributed by atoms with Gasteiger partial charge in [0.1, 0.15) is 0 Å². The van der Waals surface area contributed by atoms with Crippen LogP contribution in [0, 0.1) is 13.8 Å². The number of fused-ring (bicyclic) bond motifs is 3. The van der Waals surface area contributed by atoms with E-state index in [-0.39, 0.29) is 0 Å². The summed E-state index contributed by atoms with van der Waals surface area (Å²) in [5.74, 6) is 0.651. The van der Waals surface area contributed by atoms with Crippen molar-refractivity contribution in [1.29, 1.82) is 0 Å². The zero-order valence-corrected chi connectivity index (χ0v) is 21.7. The topological polar surface area (TPSA) is 52.0 Å². The Morgan fingerprint density at radius 1 is 0.571 bits per heavy atom. The molecule has 0 saturated carbocycles. The summed E-state index contributed by atoms with van der Waals surface area (Å²) in [6.07, 6.45) is 0. The van der Waals surface area contributed by atoms with Crippen LogP contribution < -0.4 is 11.5 Å². The molecule has 0 aromatic heterocycles. The summed E-state index contributed by atoms with van der Waals surface area (Å²) in [6.45, 7) is 13.2. The molecule has 2 heteroatoms. The Bertz CT molecular complexity index is 1340. The molecule has 0 spiro atoms. The van der Waals surface area contributed by atoms with Crippen LogP contribution in [0.15, 0.2) is 72.8 Å². The Morgan fingerprint density at radius 3 is 1.40 bits per heavy atom. The second-order valence-corrected chi connectivity index (χ2v) is 10.7. The van der Waals surface area contributed by atoms with Crippen LogP contribution in [0.1, 0.15) is 84.0 Å². The fraction of sp³-hybridized carbons (Fsp3) is 0.273. The van der Waals surface area contributed by atoms with E-state index < -0.39 is 5.41 Å². The van der Waals surface area contributed by atoms with E-state index in [0.29, 0.717) is 11.8 Å². The Morgan fingerprint density at radius 2 is 0.971 bits per heavy atom. The van der Waals surface area contributed by atoms with E-state index in [1.165, 1.54) is 44.5 Å². The monoisotopic (exact) mass is 460 g/mol. The molecule has 0 amide bonds. The van der Waals surface area contributed by atoms with Crippen molar-refractivity contribution in [2.45, 2.75) is 58.8 Å². The molecule has 2 nitrogen and oxygen atoms in total. The van der Waals surface area contributed by atoms with Gasteiger partial charge in [0.25, 0.3) is 0 Å². The molecule has 0 aliphatic heterocycles. The smallest absolute Gasteiger partial charge is 0.0714 e. The maximum atomic E-state index is 6.78. The highest BCUT2D eigenvalue weighted by Crippen LogP contribution is 2.57. The van der Waals surface area contributed by atoms with Crippen LogP contribution in [-0.4, -0.2) is 0 Å². The minimum Gasteiger partial charge on any atom is -0.398 e. The summed E-state index contributed by atoms with van der Waals surface area (Å²) in [5, 5.41) is 0. The van der Waals surface area contributed by atoms with Gasteiger partial charge in [-0.2, -0.15) is 0 Å². The highest BCUT2D eigenvalue weighted by molar-refractivity contribution is 5.87. The molecule has 4 N–H and O–H groups in total. The number of anilines is 2. The van der Waals surface area contributed by atoms with Gasteiger partial charge in [-0.3, -0.25) is 0 Å². The number of rotatable bonds is 4. The van der Waals surface area contributed by atoms with E-state index in [9.17, 15) is 0 Å². The Hall–Kier alpha value is -3.52. The average molecular weight is 461 g/mol. The van der Waals surface area contributed by atoms with Crippen LogP contribution in [0.5, 0.6) is 0 Å². The Labute approximate surface area is 210 Å². The Kier molecular flexibility index (Phi) is 5.51. The van der Waals surface area contributed by atoms with Crippen molar-refractivity contribution in [3.8, 4) is 11.1 Å². The van der Waals surface area contributed by atoms with Gasteiger partial charge in [0.05, 0.1) is 5.41 Å². The largest absolute Gasteiger partial charge is 0.398 e. The van der Waals surface area contributed by atoms with Gasteiger partial charge < -0.3 is 11.5 Å². The van der Waals surface area contributed by atoms with Crippen LogP contribution in [0.25, 0.3) is 11.1 Å². The number of aryl methyl sites for hydroxylation is 2. The van der Waals surface area contributed by atoms with Crippen LogP contribution in [0.2, 0.25) is 0 Å². The van der Waals surface area contributed by atoms with Gasteiger partial charge in [-0.1, -0.05) is 100 Å². The SMILES string of the molecule is Cc1cc(C2(c3cc(C(C)C)c(N)c(C(C)C)c3)c3ccccc3-c3ccccc32)cc(C)c1N. The first kappa shape index (κ1) is 23.2. The van der Waals surface area contributed by atoms with E-state index in [1.807, 2.05) is 0 Å². The van der Waals surface area contributed by atoms with Crippen molar-refractivity contribution in [3.05, 3.63) is 117 Å². The van der Waals surface area contributed by atoms with E-state index in [4.69, 9.17) is 11.5 Å². The third-order valence-corrected chi connectivity index (χ3v) is 7.90. The highest BCUT2D eigenvalue weighted by Gasteiger charge is 2.46. The summed E-state index contributed by atoms with van der Waals surface area (Å²) in [7, 11) is 0. The minimum atomic E-state index is -0.447. The van der Waals surface area contributed by atoms with Gasteiger partial charge >= 0.3 is 0 Å². The van der Waals surface area contributed by atoms with Crippen molar-refractivity contribution in [2.75, 3.05) is 11.5 Å². The number of hydrogen-bond donors (Lipinski definition) is 2. The molecule has 0 fully saturated rings. The first-order valence-electron chi connectivity index (χ1n) is 12.7. The van der Waals surface area contributed by atoms with Gasteiger partial charge in [-0.05, 0) is 81.3 Å². The third kappa shape index (κ3) is 3.31. The number of nitrogen functional groups attached to an aromatic ring is 2. The summed E-state index contributed by atoms with van der Waals surface area (Å²) in [6, 6.07) is 27.1. The second kappa shape index (κ2) is 8.30. The summed E-state index contributed by atoms with van der Waals surface area (Å²) < 4.78 is 0. The number of hydrogen-bond acceptors (Lipinski definition) is 2. The number of benzene rings is 4. The molecular weight excluding hydrogens is 424 g/mol. The molecule has 4 aromatic carbocycles. The van der Waals surface area contributed by atoms with E-state index >= 15 is 0 Å². The fourth-order valence-electron chi connectivity index (χ4n) is 6.09. The van der Waals surface area contributed by atoms with E-state index in [0.717, 1.165) is 22.5 Å². The molecule has 0 atom stereocenters. The van der Waals surface area contributed by atoms with Crippen molar-refractivity contribution < 1.29 is 0 Å². The van der Waals surface area contributed by atoms with Gasteiger partial charge in [0, 0.05) is 11.4 Å². The van der Waals surface area contributed by atoms with Crippen LogP contribution in [0.4, 0.5) is 11.4 Å². The van der Waals surface area contributed by atoms with Crippen molar-refractivity contribution in [3.63, 3.8) is 0 Å². The molecule has 178 valence electrons. The lowest BCUT2D eigenvalue weighted by Crippen LogP contribution is -2.30. The maximum absolute atomic E-state index is 6.78. The summed E-state index contributed by atoms with van der Waals surface area (Å²) in [5.41, 5.74) is 27.0. The van der Waals surface area contributed by atoms with Crippen LogP contribution in [-0.2, 0) is 5.41 Å². The van der Waals surface area contributed by atoms with Gasteiger partial charge in [-0.15, -0.1) is 0 Å². The predicted octanol–water partition coefficient (Wildman–Crippen LogP) is 8.08. The molecule has 1 aliphatic carbocycles. The lowest BCUT2D eigenvalue weighted by molar-refractivity contribution is 0.750. The van der Waals surface area contributed by atoms with Gasteiger partial charge in [-0.25, -0.2) is 0 Å². The molecular formula is C33H36N2. The van der Waals surface area contributed by atoms with E-state index in [2.05, 4.69) is 114 Å². The first-order valence-corrected chi connectivity index (χ1v) is 12.7. The molecule has 0 radical (unpaired) electrons. The average Bonchev–Trinajstić information content (AvgIpc) is 3.13. The first-order chi connectivity index (χ1) is 16.7. The lowest BCUT2D eigenvalue weighted by Gasteiger charge is -2.36. The highest BCUT2D eigenvalue weighted by atomic mass is 14.6. The maximum Gasteiger partial charge on any atom is 0.0714 e. The normalized spacial score (nSPS) is 13.8. The Balaban J connectivity index is 2.00. The van der Waals surface area contributed by atoms with Crippen molar-refractivity contribution >= 4 is 11.4 Å². The molecule has 35 heavy (non-hydrogen) atoms. The quantitative estimate of drug-likeness (QED) is 0.266. The van der Waals surface area contributed by atoms with Crippen molar-refractivity contribution in [2.24, 2.45) is 0 Å². The van der Waals surface area contributed by atoms with Gasteiger partial charge in [0.15, 0.2) is 0 Å². The second-order valence-electron chi connectivity index (χ2n) is 10.7. The van der Waals surface area contributed by atoms with Gasteiger partial charge in [0.2, 0.25) is 0 Å². The van der Waals surface area contributed by atoms with Crippen molar-refractivity contribution in [1.82, 2.24) is 0 Å². The predicted molar refractivity (Wildman–Crippen MR) is 150 cm³/mol. The zero-order chi connectivity index (χ0) is 25.1. The van der Waals surface area contributed by atoms with Crippen LogP contribution >= 0.6 is 0 Å². The summed E-state index contributed by atoms with van der Waals surface area (Å²) in [4.78, 5) is 0.